The van der Waals surface area contributed by atoms with Crippen molar-refractivity contribution in [3.63, 3.8) is 0 Å². The van der Waals surface area contributed by atoms with Gasteiger partial charge in [0.25, 0.3) is 0 Å². The molecule has 1 aliphatic carbocycles. The van der Waals surface area contributed by atoms with Gasteiger partial charge in [-0.25, -0.2) is 0 Å². The first kappa shape index (κ1) is 13.3. The highest BCUT2D eigenvalue weighted by molar-refractivity contribution is 5.27. The van der Waals surface area contributed by atoms with E-state index >= 15 is 0 Å². The van der Waals surface area contributed by atoms with Crippen molar-refractivity contribution in [2.24, 2.45) is 5.92 Å². The van der Waals surface area contributed by atoms with Crippen LogP contribution in [0.1, 0.15) is 44.0 Å². The maximum Gasteiger partial charge on any atom is 0.138 e. The highest BCUT2D eigenvalue weighted by Crippen LogP contribution is 2.29. The first-order valence-corrected chi connectivity index (χ1v) is 6.93. The molecule has 0 radical (unpaired) electrons. The van der Waals surface area contributed by atoms with Crippen LogP contribution in [-0.2, 0) is 6.54 Å². The van der Waals surface area contributed by atoms with Gasteiger partial charge in [-0.1, -0.05) is 19.8 Å². The maximum atomic E-state index is 9.86. The second kappa shape index (κ2) is 5.70. The molecule has 18 heavy (non-hydrogen) atoms. The quantitative estimate of drug-likeness (QED) is 0.893. The number of hydrogen-bond donors (Lipinski definition) is 1. The third kappa shape index (κ3) is 3.02. The number of nitrogens with zero attached hydrogens (tertiary/aromatic N) is 2. The third-order valence-electron chi connectivity index (χ3n) is 4.12. The van der Waals surface area contributed by atoms with Crippen molar-refractivity contribution in [3.05, 3.63) is 23.5 Å². The molecular formula is C15H24N2O. The highest BCUT2D eigenvalue weighted by Gasteiger charge is 2.25. The first-order valence-electron chi connectivity index (χ1n) is 6.93. The molecule has 1 aliphatic rings. The summed E-state index contributed by atoms with van der Waals surface area (Å²) in [6, 6.07) is 4.22. The summed E-state index contributed by atoms with van der Waals surface area (Å²) in [4.78, 5) is 6.79. The van der Waals surface area contributed by atoms with Gasteiger partial charge in [-0.3, -0.25) is 9.88 Å². The molecule has 1 fully saturated rings. The van der Waals surface area contributed by atoms with Gasteiger partial charge in [-0.15, -0.1) is 0 Å². The Hall–Kier alpha value is -1.09. The van der Waals surface area contributed by atoms with E-state index in [0.29, 0.717) is 11.8 Å². The molecule has 2 rings (SSSR count). The Morgan fingerprint density at radius 2 is 2.06 bits per heavy atom. The highest BCUT2D eigenvalue weighted by atomic mass is 16.3. The van der Waals surface area contributed by atoms with E-state index in [0.717, 1.165) is 23.9 Å². The monoisotopic (exact) mass is 248 g/mol. The van der Waals surface area contributed by atoms with Crippen LogP contribution < -0.4 is 0 Å². The average molecular weight is 248 g/mol. The standard InChI is InChI=1S/C15H24N2O/c1-11-6-4-5-7-14(11)17(3)10-13-15(18)9-8-12(2)16-13/h8-9,11,14,18H,4-7,10H2,1-3H3. The Balaban J connectivity index is 2.05. The summed E-state index contributed by atoms with van der Waals surface area (Å²) in [6.45, 7) is 5.04. The molecule has 100 valence electrons. The van der Waals surface area contributed by atoms with Gasteiger partial charge in [0.2, 0.25) is 0 Å². The summed E-state index contributed by atoms with van der Waals surface area (Å²) < 4.78 is 0. The van der Waals surface area contributed by atoms with Crippen LogP contribution in [0.2, 0.25) is 0 Å². The summed E-state index contributed by atoms with van der Waals surface area (Å²) in [5, 5.41) is 9.86. The van der Waals surface area contributed by atoms with E-state index in [1.54, 1.807) is 6.07 Å². The van der Waals surface area contributed by atoms with Crippen LogP contribution in [0.3, 0.4) is 0 Å². The van der Waals surface area contributed by atoms with Gasteiger partial charge in [-0.2, -0.15) is 0 Å². The van der Waals surface area contributed by atoms with E-state index in [2.05, 4.69) is 23.9 Å². The molecule has 0 bridgehead atoms. The second-order valence-corrected chi connectivity index (χ2v) is 5.66. The first-order chi connectivity index (χ1) is 8.58. The van der Waals surface area contributed by atoms with Crippen LogP contribution in [0, 0.1) is 12.8 Å². The third-order valence-corrected chi connectivity index (χ3v) is 4.12. The molecule has 3 heteroatoms. The number of aryl methyl sites for hydroxylation is 1. The lowest BCUT2D eigenvalue weighted by molar-refractivity contribution is 0.131. The SMILES string of the molecule is Cc1ccc(O)c(CN(C)C2CCCCC2C)n1. The minimum atomic E-state index is 0.316. The zero-order valence-corrected chi connectivity index (χ0v) is 11.7. The van der Waals surface area contributed by atoms with Crippen molar-refractivity contribution < 1.29 is 5.11 Å². The van der Waals surface area contributed by atoms with Gasteiger partial charge in [-0.05, 0) is 44.9 Å². The molecule has 1 heterocycles. The zero-order chi connectivity index (χ0) is 13.1. The molecule has 2 atom stereocenters. The molecule has 3 nitrogen and oxygen atoms in total. The fraction of sp³-hybridized carbons (Fsp3) is 0.667. The van der Waals surface area contributed by atoms with E-state index < -0.39 is 0 Å². The van der Waals surface area contributed by atoms with Crippen LogP contribution in [0.15, 0.2) is 12.1 Å². The van der Waals surface area contributed by atoms with Crippen LogP contribution in [0.4, 0.5) is 0 Å². The number of aromatic hydroxyl groups is 1. The van der Waals surface area contributed by atoms with Crippen molar-refractivity contribution in [2.45, 2.75) is 52.1 Å². The summed E-state index contributed by atoms with van der Waals surface area (Å²) in [5.41, 5.74) is 1.77. The number of pyridine rings is 1. The topological polar surface area (TPSA) is 36.4 Å². The molecule has 0 amide bonds. The van der Waals surface area contributed by atoms with Crippen molar-refractivity contribution in [2.75, 3.05) is 7.05 Å². The van der Waals surface area contributed by atoms with Crippen LogP contribution in [-0.4, -0.2) is 28.1 Å². The number of aromatic nitrogens is 1. The van der Waals surface area contributed by atoms with E-state index in [9.17, 15) is 5.11 Å². The van der Waals surface area contributed by atoms with E-state index in [1.807, 2.05) is 13.0 Å². The molecule has 1 N–H and O–H groups in total. The van der Waals surface area contributed by atoms with Crippen molar-refractivity contribution >= 4 is 0 Å². The van der Waals surface area contributed by atoms with Gasteiger partial charge in [0.05, 0.1) is 5.69 Å². The Morgan fingerprint density at radius 3 is 2.78 bits per heavy atom. The van der Waals surface area contributed by atoms with Crippen molar-refractivity contribution in [1.29, 1.82) is 0 Å². The molecule has 0 saturated heterocycles. The number of rotatable bonds is 3. The lowest BCUT2D eigenvalue weighted by Crippen LogP contribution is -2.38. The molecular weight excluding hydrogens is 224 g/mol. The maximum absolute atomic E-state index is 9.86. The van der Waals surface area contributed by atoms with Gasteiger partial charge in [0.1, 0.15) is 5.75 Å². The minimum absolute atomic E-state index is 0.316. The molecule has 1 aromatic heterocycles. The van der Waals surface area contributed by atoms with Gasteiger partial charge in [0, 0.05) is 18.3 Å². The zero-order valence-electron chi connectivity index (χ0n) is 11.7. The summed E-state index contributed by atoms with van der Waals surface area (Å²) >= 11 is 0. The van der Waals surface area contributed by atoms with E-state index in [1.165, 1.54) is 25.7 Å². The Kier molecular flexibility index (Phi) is 4.23. The van der Waals surface area contributed by atoms with Crippen LogP contribution in [0.5, 0.6) is 5.75 Å². The normalized spacial score (nSPS) is 24.4. The van der Waals surface area contributed by atoms with Crippen LogP contribution in [0.25, 0.3) is 0 Å². The van der Waals surface area contributed by atoms with Crippen molar-refractivity contribution in [3.8, 4) is 5.75 Å². The van der Waals surface area contributed by atoms with Crippen molar-refractivity contribution in [1.82, 2.24) is 9.88 Å². The second-order valence-electron chi connectivity index (χ2n) is 5.66. The number of hydrogen-bond acceptors (Lipinski definition) is 3. The predicted octanol–water partition coefficient (Wildman–Crippen LogP) is 3.11. The predicted molar refractivity (Wildman–Crippen MR) is 73.5 cm³/mol. The summed E-state index contributed by atoms with van der Waals surface area (Å²) in [7, 11) is 2.15. The largest absolute Gasteiger partial charge is 0.506 e. The lowest BCUT2D eigenvalue weighted by Gasteiger charge is -2.36. The summed E-state index contributed by atoms with van der Waals surface area (Å²) in [5.74, 6) is 1.06. The van der Waals surface area contributed by atoms with Gasteiger partial charge < -0.3 is 5.11 Å². The fourth-order valence-electron chi connectivity index (χ4n) is 3.02. The Labute approximate surface area is 110 Å². The molecule has 0 aromatic carbocycles. The average Bonchev–Trinajstić information content (AvgIpc) is 2.34. The van der Waals surface area contributed by atoms with E-state index in [4.69, 9.17) is 0 Å². The fourth-order valence-corrected chi connectivity index (χ4v) is 3.02. The Morgan fingerprint density at radius 1 is 1.33 bits per heavy atom. The molecule has 0 aliphatic heterocycles. The molecule has 0 spiro atoms. The minimum Gasteiger partial charge on any atom is -0.506 e. The Bertz CT molecular complexity index is 405. The van der Waals surface area contributed by atoms with Gasteiger partial charge in [0.15, 0.2) is 0 Å². The lowest BCUT2D eigenvalue weighted by atomic mass is 9.85. The molecule has 2 unspecified atom stereocenters. The summed E-state index contributed by atoms with van der Waals surface area (Å²) in [6.07, 6.45) is 5.28. The smallest absolute Gasteiger partial charge is 0.138 e. The molecule has 1 aromatic rings. The van der Waals surface area contributed by atoms with E-state index in [-0.39, 0.29) is 0 Å². The van der Waals surface area contributed by atoms with Crippen LogP contribution >= 0.6 is 0 Å². The van der Waals surface area contributed by atoms with Gasteiger partial charge >= 0.3 is 0 Å². The molecule has 1 saturated carbocycles.